The fourth-order valence-corrected chi connectivity index (χ4v) is 4.38. The number of nitrogens with zero attached hydrogens (tertiary/aromatic N) is 1. The number of hydrogen-bond donors (Lipinski definition) is 1. The Labute approximate surface area is 136 Å². The zero-order chi connectivity index (χ0) is 16.1. The third kappa shape index (κ3) is 2.18. The Hall–Kier alpha value is -1.56. The highest BCUT2D eigenvalue weighted by molar-refractivity contribution is 5.52. The average Bonchev–Trinajstić information content (AvgIpc) is 2.95. The molecule has 5 nitrogen and oxygen atoms in total. The van der Waals surface area contributed by atoms with E-state index in [-0.39, 0.29) is 12.0 Å². The van der Waals surface area contributed by atoms with Crippen LogP contribution in [0.25, 0.3) is 0 Å². The van der Waals surface area contributed by atoms with Crippen molar-refractivity contribution in [3.05, 3.63) is 34.9 Å². The molecule has 0 radical (unpaired) electrons. The first-order valence-electron chi connectivity index (χ1n) is 8.12. The van der Waals surface area contributed by atoms with Crippen molar-refractivity contribution in [2.75, 3.05) is 27.8 Å². The molecule has 0 saturated carbocycles. The molecule has 0 aromatic heterocycles. The maximum Gasteiger partial charge on any atom is 0.181 e. The summed E-state index contributed by atoms with van der Waals surface area (Å²) in [7, 11) is 5.42. The lowest BCUT2D eigenvalue weighted by Crippen LogP contribution is -2.44. The molecule has 124 valence electrons. The van der Waals surface area contributed by atoms with E-state index in [9.17, 15) is 5.11 Å². The second-order valence-electron chi connectivity index (χ2n) is 6.58. The monoisotopic (exact) mass is 317 g/mol. The van der Waals surface area contributed by atoms with Crippen molar-refractivity contribution >= 4 is 0 Å². The van der Waals surface area contributed by atoms with Crippen molar-refractivity contribution in [1.82, 2.24) is 4.90 Å². The van der Waals surface area contributed by atoms with Gasteiger partial charge in [-0.2, -0.15) is 0 Å². The zero-order valence-corrected chi connectivity index (χ0v) is 13.8. The number of aliphatic hydroxyl groups is 1. The Balaban J connectivity index is 1.86. The molecule has 5 heteroatoms. The maximum absolute atomic E-state index is 10.4. The lowest BCUT2D eigenvalue weighted by molar-refractivity contribution is -0.162. The van der Waals surface area contributed by atoms with E-state index < -0.39 is 6.29 Å². The largest absolute Gasteiger partial charge is 0.493 e. The quantitative estimate of drug-likeness (QED) is 0.848. The van der Waals surface area contributed by atoms with Gasteiger partial charge in [-0.3, -0.25) is 4.90 Å². The van der Waals surface area contributed by atoms with Gasteiger partial charge in [0.05, 0.1) is 20.3 Å². The van der Waals surface area contributed by atoms with E-state index in [1.54, 1.807) is 14.2 Å². The lowest BCUT2D eigenvalue weighted by atomic mass is 9.74. The number of rotatable bonds is 2. The molecule has 4 atom stereocenters. The Kier molecular flexibility index (Phi) is 3.59. The van der Waals surface area contributed by atoms with Gasteiger partial charge in [-0.25, -0.2) is 0 Å². The molecule has 3 aliphatic rings. The van der Waals surface area contributed by atoms with Crippen molar-refractivity contribution < 1.29 is 19.3 Å². The Morgan fingerprint density at radius 2 is 1.87 bits per heavy atom. The van der Waals surface area contributed by atoms with Crippen LogP contribution in [0.2, 0.25) is 0 Å². The van der Waals surface area contributed by atoms with E-state index in [0.717, 1.165) is 30.5 Å². The number of likely N-dealkylation sites (N-methyl/N-ethyl adjacent to an activating group) is 1. The standard InChI is InChI=1S/C18H23NO4/c1-19-7-6-10-4-5-13-16(17(10)19)11-8-14(21-2)15(22-3)9-12(11)18(20)23-13/h4,8-9,13,16-18,20H,5-7H2,1-3H3/t13-,16-,17-,18+/m0/s1. The van der Waals surface area contributed by atoms with Gasteiger partial charge >= 0.3 is 0 Å². The van der Waals surface area contributed by atoms with E-state index in [1.165, 1.54) is 5.57 Å². The number of aliphatic hydroxyl groups excluding tert-OH is 1. The van der Waals surface area contributed by atoms with Gasteiger partial charge in [0, 0.05) is 24.1 Å². The van der Waals surface area contributed by atoms with Crippen molar-refractivity contribution in [2.45, 2.75) is 37.2 Å². The first-order valence-corrected chi connectivity index (χ1v) is 8.12. The number of hydrogen-bond acceptors (Lipinski definition) is 5. The van der Waals surface area contributed by atoms with Gasteiger partial charge in [0.1, 0.15) is 0 Å². The Bertz CT molecular complexity index is 657. The molecule has 0 amide bonds. The van der Waals surface area contributed by atoms with Gasteiger partial charge in [-0.15, -0.1) is 0 Å². The summed E-state index contributed by atoms with van der Waals surface area (Å²) < 4.78 is 16.8. The summed E-state index contributed by atoms with van der Waals surface area (Å²) in [6, 6.07) is 4.22. The van der Waals surface area contributed by atoms with Crippen LogP contribution < -0.4 is 9.47 Å². The second kappa shape index (κ2) is 5.51. The first kappa shape index (κ1) is 15.0. The molecule has 0 spiro atoms. The number of likely N-dealkylation sites (tertiary alicyclic amines) is 1. The molecule has 0 unspecified atom stereocenters. The summed E-state index contributed by atoms with van der Waals surface area (Å²) >= 11 is 0. The second-order valence-corrected chi connectivity index (χ2v) is 6.58. The average molecular weight is 317 g/mol. The van der Waals surface area contributed by atoms with Crippen LogP contribution in [0, 0.1) is 0 Å². The summed E-state index contributed by atoms with van der Waals surface area (Å²) in [5, 5.41) is 10.4. The number of fused-ring (bicyclic) bond motifs is 5. The van der Waals surface area contributed by atoms with Crippen LogP contribution in [0.15, 0.2) is 23.8 Å². The number of methoxy groups -OCH3 is 2. The Morgan fingerprint density at radius 1 is 1.17 bits per heavy atom. The summed E-state index contributed by atoms with van der Waals surface area (Å²) in [6.07, 6.45) is 3.37. The SMILES string of the molecule is COc1cc2c(cc1OC)[C@H](O)O[C@H]1CC=C3CCN(C)[C@@H]3[C@@H]21. The molecule has 1 saturated heterocycles. The normalized spacial score (nSPS) is 32.6. The van der Waals surface area contributed by atoms with Crippen LogP contribution in [-0.4, -0.2) is 50.0 Å². The van der Waals surface area contributed by atoms with Gasteiger partial charge in [0.15, 0.2) is 17.8 Å². The number of ether oxygens (including phenoxy) is 3. The van der Waals surface area contributed by atoms with Crippen molar-refractivity contribution in [3.8, 4) is 11.5 Å². The molecule has 2 aliphatic heterocycles. The molecule has 1 aromatic rings. The topological polar surface area (TPSA) is 51.2 Å². The first-order chi connectivity index (χ1) is 11.1. The molecule has 1 aliphatic carbocycles. The molecule has 0 bridgehead atoms. The van der Waals surface area contributed by atoms with Crippen LogP contribution in [0.1, 0.15) is 36.2 Å². The predicted molar refractivity (Wildman–Crippen MR) is 85.9 cm³/mol. The minimum Gasteiger partial charge on any atom is -0.493 e. The van der Waals surface area contributed by atoms with E-state index in [2.05, 4.69) is 18.0 Å². The van der Waals surface area contributed by atoms with Gasteiger partial charge in [-0.05, 0) is 37.6 Å². The molecular formula is C18H23NO4. The lowest BCUT2D eigenvalue weighted by Gasteiger charge is -2.44. The summed E-state index contributed by atoms with van der Waals surface area (Å²) in [6.45, 7) is 1.07. The molecule has 23 heavy (non-hydrogen) atoms. The van der Waals surface area contributed by atoms with Crippen LogP contribution >= 0.6 is 0 Å². The molecule has 1 N–H and O–H groups in total. The van der Waals surface area contributed by atoms with E-state index >= 15 is 0 Å². The van der Waals surface area contributed by atoms with E-state index in [1.807, 2.05) is 12.1 Å². The predicted octanol–water partition coefficient (Wildman–Crippen LogP) is 2.21. The highest BCUT2D eigenvalue weighted by atomic mass is 16.6. The van der Waals surface area contributed by atoms with Gasteiger partial charge in [-0.1, -0.05) is 11.6 Å². The summed E-state index contributed by atoms with van der Waals surface area (Å²) in [5.41, 5.74) is 3.41. The fraction of sp³-hybridized carbons (Fsp3) is 0.556. The van der Waals surface area contributed by atoms with Crippen LogP contribution in [0.3, 0.4) is 0 Å². The van der Waals surface area contributed by atoms with Crippen LogP contribution in [-0.2, 0) is 4.74 Å². The van der Waals surface area contributed by atoms with Gasteiger partial charge in [0.2, 0.25) is 0 Å². The zero-order valence-electron chi connectivity index (χ0n) is 13.8. The summed E-state index contributed by atoms with van der Waals surface area (Å²) in [4.78, 5) is 2.39. The molecule has 2 heterocycles. The highest BCUT2D eigenvalue weighted by Crippen LogP contribution is 2.50. The van der Waals surface area contributed by atoms with Crippen LogP contribution in [0.5, 0.6) is 11.5 Å². The smallest absolute Gasteiger partial charge is 0.181 e. The summed E-state index contributed by atoms with van der Waals surface area (Å²) in [5.74, 6) is 1.55. The molecule has 1 aromatic carbocycles. The minimum atomic E-state index is -0.910. The minimum absolute atomic E-state index is 0.00454. The Morgan fingerprint density at radius 3 is 2.57 bits per heavy atom. The van der Waals surface area contributed by atoms with Crippen molar-refractivity contribution in [3.63, 3.8) is 0 Å². The highest BCUT2D eigenvalue weighted by Gasteiger charge is 2.46. The van der Waals surface area contributed by atoms with Crippen LogP contribution in [0.4, 0.5) is 0 Å². The molecule has 4 rings (SSSR count). The maximum atomic E-state index is 10.4. The molecular weight excluding hydrogens is 294 g/mol. The van der Waals surface area contributed by atoms with E-state index in [0.29, 0.717) is 17.5 Å². The third-order valence-corrected chi connectivity index (χ3v) is 5.48. The van der Waals surface area contributed by atoms with Gasteiger partial charge < -0.3 is 19.3 Å². The van der Waals surface area contributed by atoms with Crippen molar-refractivity contribution in [1.29, 1.82) is 0 Å². The number of benzene rings is 1. The van der Waals surface area contributed by atoms with Crippen molar-refractivity contribution in [2.24, 2.45) is 0 Å². The molecule has 1 fully saturated rings. The van der Waals surface area contributed by atoms with E-state index in [4.69, 9.17) is 14.2 Å². The fourth-order valence-electron chi connectivity index (χ4n) is 4.38. The third-order valence-electron chi connectivity index (χ3n) is 5.48. The van der Waals surface area contributed by atoms with Gasteiger partial charge in [0.25, 0.3) is 0 Å².